The van der Waals surface area contributed by atoms with Crippen LogP contribution in [-0.4, -0.2) is 26.5 Å². The molecule has 3 rings (SSSR count). The van der Waals surface area contributed by atoms with E-state index < -0.39 is 5.82 Å². The van der Waals surface area contributed by atoms with Gasteiger partial charge in [0.15, 0.2) is 17.4 Å². The molecule has 0 aliphatic rings. The lowest BCUT2D eigenvalue weighted by molar-refractivity contribution is -0.113. The molecule has 0 radical (unpaired) electrons. The van der Waals surface area contributed by atoms with Crippen LogP contribution in [0.15, 0.2) is 47.6 Å². The van der Waals surface area contributed by atoms with Crippen molar-refractivity contribution >= 4 is 35.0 Å². The van der Waals surface area contributed by atoms with E-state index in [0.717, 1.165) is 17.3 Å². The molecule has 0 aliphatic carbocycles. The monoisotopic (exact) mass is 421 g/mol. The van der Waals surface area contributed by atoms with Gasteiger partial charge in [-0.15, -0.1) is 10.2 Å². The van der Waals surface area contributed by atoms with Gasteiger partial charge in [-0.3, -0.25) is 4.79 Å². The van der Waals surface area contributed by atoms with Crippen LogP contribution in [0, 0.1) is 12.7 Å². The largest absolute Gasteiger partial charge is 0.482 e. The summed E-state index contributed by atoms with van der Waals surface area (Å²) in [7, 11) is 0. The number of anilines is 1. The van der Waals surface area contributed by atoms with E-state index in [-0.39, 0.29) is 24.0 Å². The summed E-state index contributed by atoms with van der Waals surface area (Å²) in [6.45, 7) is 1.82. The lowest BCUT2D eigenvalue weighted by atomic mass is 10.2. The number of nitrogen functional groups attached to an aromatic ring is 1. The van der Waals surface area contributed by atoms with Gasteiger partial charge in [0.25, 0.3) is 0 Å². The summed E-state index contributed by atoms with van der Waals surface area (Å²) < 4.78 is 20.2. The number of para-hydroxylation sites is 1. The molecule has 28 heavy (non-hydrogen) atoms. The fourth-order valence-electron chi connectivity index (χ4n) is 2.25. The summed E-state index contributed by atoms with van der Waals surface area (Å²) in [5.41, 5.74) is 1.55. The number of ether oxygens (including phenoxy) is 1. The maximum Gasteiger partial charge on any atom is 0.234 e. The van der Waals surface area contributed by atoms with Crippen molar-refractivity contribution in [3.05, 3.63) is 64.7 Å². The van der Waals surface area contributed by atoms with Crippen LogP contribution in [-0.2, 0) is 11.4 Å². The average molecular weight is 422 g/mol. The van der Waals surface area contributed by atoms with Gasteiger partial charge in [0, 0.05) is 10.7 Å². The molecule has 2 aromatic carbocycles. The van der Waals surface area contributed by atoms with Crippen LogP contribution in [0.2, 0.25) is 5.02 Å². The summed E-state index contributed by atoms with van der Waals surface area (Å²) in [6.07, 6.45) is 0. The first-order valence-corrected chi connectivity index (χ1v) is 9.56. The van der Waals surface area contributed by atoms with Gasteiger partial charge in [-0.25, -0.2) is 9.07 Å². The third-order valence-corrected chi connectivity index (χ3v) is 4.91. The minimum atomic E-state index is -0.479. The molecule has 146 valence electrons. The lowest BCUT2D eigenvalue weighted by Gasteiger charge is -2.09. The zero-order valence-electron chi connectivity index (χ0n) is 14.9. The van der Waals surface area contributed by atoms with Crippen LogP contribution in [0.1, 0.15) is 11.4 Å². The molecular formula is C18H17ClFN5O2S. The third-order valence-electron chi connectivity index (χ3n) is 3.73. The number of nitrogens with two attached hydrogens (primary N) is 1. The zero-order chi connectivity index (χ0) is 20.1. The number of aromatic nitrogens is 3. The number of nitrogens with one attached hydrogen (secondary N) is 1. The molecule has 3 N–H and O–H groups in total. The first-order valence-electron chi connectivity index (χ1n) is 8.19. The normalized spacial score (nSPS) is 10.7. The van der Waals surface area contributed by atoms with Gasteiger partial charge in [0.1, 0.15) is 6.61 Å². The Labute approximate surface area is 170 Å². The van der Waals surface area contributed by atoms with E-state index in [4.69, 9.17) is 22.2 Å². The molecule has 0 atom stereocenters. The van der Waals surface area contributed by atoms with Gasteiger partial charge in [-0.05, 0) is 36.8 Å². The van der Waals surface area contributed by atoms with Gasteiger partial charge in [0.05, 0.1) is 5.75 Å². The standard InChI is InChI=1S/C18H17ClFN5O2S/c1-11-6-7-12(19)8-14(11)22-17(26)10-28-18-24-23-16(25(18)21)9-27-15-5-3-2-4-13(15)20/h2-8H,9-10,21H2,1H3,(H,22,26). The van der Waals surface area contributed by atoms with Crippen LogP contribution in [0.25, 0.3) is 0 Å². The second-order valence-corrected chi connectivity index (χ2v) is 7.16. The molecule has 7 nitrogen and oxygen atoms in total. The molecule has 0 saturated carbocycles. The number of amides is 1. The first kappa shape index (κ1) is 20.0. The topological polar surface area (TPSA) is 95.1 Å². The van der Waals surface area contributed by atoms with Crippen LogP contribution >= 0.6 is 23.4 Å². The van der Waals surface area contributed by atoms with Crippen molar-refractivity contribution in [3.63, 3.8) is 0 Å². The maximum absolute atomic E-state index is 13.6. The fourth-order valence-corrected chi connectivity index (χ4v) is 3.10. The zero-order valence-corrected chi connectivity index (χ0v) is 16.4. The number of benzene rings is 2. The van der Waals surface area contributed by atoms with Gasteiger partial charge in [-0.1, -0.05) is 41.6 Å². The van der Waals surface area contributed by atoms with E-state index in [9.17, 15) is 9.18 Å². The van der Waals surface area contributed by atoms with Gasteiger partial charge >= 0.3 is 0 Å². The third kappa shape index (κ3) is 4.93. The number of hydrogen-bond acceptors (Lipinski definition) is 6. The second kappa shape index (κ2) is 8.94. The van der Waals surface area contributed by atoms with Crippen molar-refractivity contribution in [2.45, 2.75) is 18.7 Å². The predicted octanol–water partition coefficient (Wildman–Crippen LogP) is 3.40. The molecular weight excluding hydrogens is 405 g/mol. The van der Waals surface area contributed by atoms with Crippen molar-refractivity contribution in [3.8, 4) is 5.75 Å². The van der Waals surface area contributed by atoms with E-state index in [1.807, 2.05) is 13.0 Å². The number of thioether (sulfide) groups is 1. The summed E-state index contributed by atoms with van der Waals surface area (Å²) in [4.78, 5) is 12.2. The Morgan fingerprint density at radius 1 is 1.32 bits per heavy atom. The van der Waals surface area contributed by atoms with Crippen molar-refractivity contribution in [1.29, 1.82) is 0 Å². The molecule has 0 bridgehead atoms. The number of carbonyl (C=O) groups is 1. The van der Waals surface area contributed by atoms with Gasteiger partial charge in [0.2, 0.25) is 11.1 Å². The summed E-state index contributed by atoms with van der Waals surface area (Å²) in [5.74, 6) is 5.70. The summed E-state index contributed by atoms with van der Waals surface area (Å²) in [6, 6.07) is 11.3. The SMILES string of the molecule is Cc1ccc(Cl)cc1NC(=O)CSc1nnc(COc2ccccc2F)n1N. The Hall–Kier alpha value is -2.78. The smallest absolute Gasteiger partial charge is 0.234 e. The Kier molecular flexibility index (Phi) is 6.37. The molecule has 1 heterocycles. The summed E-state index contributed by atoms with van der Waals surface area (Å²) >= 11 is 7.07. The lowest BCUT2D eigenvalue weighted by Crippen LogP contribution is -2.18. The van der Waals surface area contributed by atoms with Crippen molar-refractivity contribution in [2.24, 2.45) is 0 Å². The highest BCUT2D eigenvalue weighted by Crippen LogP contribution is 2.22. The molecule has 0 spiro atoms. The molecule has 0 aliphatic heterocycles. The van der Waals surface area contributed by atoms with Crippen molar-refractivity contribution < 1.29 is 13.9 Å². The average Bonchev–Trinajstić information content (AvgIpc) is 3.02. The van der Waals surface area contributed by atoms with E-state index in [1.54, 1.807) is 24.3 Å². The second-order valence-electron chi connectivity index (χ2n) is 5.78. The number of halogens is 2. The van der Waals surface area contributed by atoms with Crippen LogP contribution in [0.4, 0.5) is 10.1 Å². The fraction of sp³-hybridized carbons (Fsp3) is 0.167. The maximum atomic E-state index is 13.6. The number of hydrogen-bond donors (Lipinski definition) is 2. The molecule has 10 heteroatoms. The Bertz CT molecular complexity index is 998. The Morgan fingerprint density at radius 3 is 2.89 bits per heavy atom. The number of carbonyl (C=O) groups excluding carboxylic acids is 1. The molecule has 3 aromatic rings. The van der Waals surface area contributed by atoms with Crippen molar-refractivity contribution in [2.75, 3.05) is 16.9 Å². The van der Waals surface area contributed by atoms with E-state index in [0.29, 0.717) is 21.7 Å². The first-order chi connectivity index (χ1) is 13.4. The molecule has 1 amide bonds. The minimum absolute atomic E-state index is 0.0566. The van der Waals surface area contributed by atoms with Crippen LogP contribution < -0.4 is 15.9 Å². The van der Waals surface area contributed by atoms with E-state index >= 15 is 0 Å². The van der Waals surface area contributed by atoms with Crippen molar-refractivity contribution in [1.82, 2.24) is 14.9 Å². The molecule has 0 unspecified atom stereocenters. The highest BCUT2D eigenvalue weighted by atomic mass is 35.5. The van der Waals surface area contributed by atoms with Crippen LogP contribution in [0.5, 0.6) is 5.75 Å². The Morgan fingerprint density at radius 2 is 2.11 bits per heavy atom. The number of nitrogens with zero attached hydrogens (tertiary/aromatic N) is 3. The van der Waals surface area contributed by atoms with E-state index in [1.165, 1.54) is 16.8 Å². The molecule has 0 saturated heterocycles. The Balaban J connectivity index is 1.56. The van der Waals surface area contributed by atoms with Crippen LogP contribution in [0.3, 0.4) is 0 Å². The summed E-state index contributed by atoms with van der Waals surface area (Å²) in [5, 5.41) is 11.5. The number of aryl methyl sites for hydroxylation is 1. The highest BCUT2D eigenvalue weighted by molar-refractivity contribution is 7.99. The molecule has 1 aromatic heterocycles. The van der Waals surface area contributed by atoms with Gasteiger partial charge < -0.3 is 15.9 Å². The van der Waals surface area contributed by atoms with E-state index in [2.05, 4.69) is 15.5 Å². The number of rotatable bonds is 7. The minimum Gasteiger partial charge on any atom is -0.482 e. The predicted molar refractivity (Wildman–Crippen MR) is 106 cm³/mol. The van der Waals surface area contributed by atoms with Gasteiger partial charge in [-0.2, -0.15) is 0 Å². The molecule has 0 fully saturated rings. The quantitative estimate of drug-likeness (QED) is 0.448. The highest BCUT2D eigenvalue weighted by Gasteiger charge is 2.14.